The highest BCUT2D eigenvalue weighted by Crippen LogP contribution is 2.25. The van der Waals surface area contributed by atoms with Crippen LogP contribution >= 0.6 is 11.8 Å². The summed E-state index contributed by atoms with van der Waals surface area (Å²) >= 11 is 1.41. The van der Waals surface area contributed by atoms with Crippen molar-refractivity contribution in [1.29, 1.82) is 0 Å². The van der Waals surface area contributed by atoms with Crippen molar-refractivity contribution >= 4 is 23.4 Å². The van der Waals surface area contributed by atoms with E-state index in [1.165, 1.54) is 17.3 Å². The summed E-state index contributed by atoms with van der Waals surface area (Å²) in [4.78, 5) is 12.4. The van der Waals surface area contributed by atoms with E-state index in [0.29, 0.717) is 5.75 Å². The van der Waals surface area contributed by atoms with Crippen molar-refractivity contribution in [3.05, 3.63) is 59.2 Å². The van der Waals surface area contributed by atoms with E-state index < -0.39 is 0 Å². The minimum absolute atomic E-state index is 0.0417. The largest absolute Gasteiger partial charge is 0.325 e. The number of hydrogen-bond acceptors (Lipinski definition) is 4. The summed E-state index contributed by atoms with van der Waals surface area (Å²) in [7, 11) is 0. The molecule has 3 aromatic rings. The summed E-state index contributed by atoms with van der Waals surface area (Å²) in [6.07, 6.45) is 0. The molecule has 0 aliphatic rings. The van der Waals surface area contributed by atoms with Gasteiger partial charge in [-0.15, -0.1) is 10.2 Å². The van der Waals surface area contributed by atoms with Crippen molar-refractivity contribution in [2.24, 2.45) is 0 Å². The van der Waals surface area contributed by atoms with Gasteiger partial charge in [-0.05, 0) is 38.8 Å². The third-order valence-electron chi connectivity index (χ3n) is 4.42. The Morgan fingerprint density at radius 1 is 1.04 bits per heavy atom. The number of para-hydroxylation sites is 1. The summed E-state index contributed by atoms with van der Waals surface area (Å²) in [6.45, 7) is 8.86. The number of aromatic nitrogens is 3. The van der Waals surface area contributed by atoms with Crippen LogP contribution in [0.1, 0.15) is 23.6 Å². The van der Waals surface area contributed by atoms with Gasteiger partial charge in [-0.3, -0.25) is 4.79 Å². The van der Waals surface area contributed by atoms with Crippen LogP contribution in [-0.4, -0.2) is 26.4 Å². The highest BCUT2D eigenvalue weighted by atomic mass is 32.2. The normalized spacial score (nSPS) is 10.8. The van der Waals surface area contributed by atoms with Crippen LogP contribution in [0.2, 0.25) is 0 Å². The minimum Gasteiger partial charge on any atom is -0.325 e. The van der Waals surface area contributed by atoms with Crippen molar-refractivity contribution in [1.82, 2.24) is 14.8 Å². The molecule has 5 nitrogen and oxygen atoms in total. The number of nitrogens with zero attached hydrogens (tertiary/aromatic N) is 3. The minimum atomic E-state index is -0.0417. The topological polar surface area (TPSA) is 59.8 Å². The third kappa shape index (κ3) is 4.39. The van der Waals surface area contributed by atoms with Gasteiger partial charge in [0.05, 0.1) is 5.75 Å². The van der Waals surface area contributed by atoms with Crippen molar-refractivity contribution in [2.75, 3.05) is 11.1 Å². The highest BCUT2D eigenvalue weighted by molar-refractivity contribution is 7.99. The zero-order valence-corrected chi connectivity index (χ0v) is 16.9. The molecule has 0 aliphatic carbocycles. The predicted molar refractivity (Wildman–Crippen MR) is 111 cm³/mol. The fourth-order valence-corrected chi connectivity index (χ4v) is 3.72. The van der Waals surface area contributed by atoms with Gasteiger partial charge in [0.2, 0.25) is 5.91 Å². The molecule has 1 N–H and O–H groups in total. The van der Waals surface area contributed by atoms with Gasteiger partial charge in [0.1, 0.15) is 0 Å². The highest BCUT2D eigenvalue weighted by Gasteiger charge is 2.15. The first kappa shape index (κ1) is 19.2. The van der Waals surface area contributed by atoms with Gasteiger partial charge in [0, 0.05) is 17.8 Å². The Balaban J connectivity index is 1.71. The molecule has 2 aromatic carbocycles. The molecule has 0 saturated carbocycles. The van der Waals surface area contributed by atoms with E-state index in [1.807, 2.05) is 48.7 Å². The zero-order valence-electron chi connectivity index (χ0n) is 16.1. The Kier molecular flexibility index (Phi) is 5.96. The number of rotatable bonds is 6. The third-order valence-corrected chi connectivity index (χ3v) is 5.39. The Labute approximate surface area is 164 Å². The van der Waals surface area contributed by atoms with E-state index in [-0.39, 0.29) is 5.91 Å². The molecule has 27 heavy (non-hydrogen) atoms. The lowest BCUT2D eigenvalue weighted by atomic mass is 10.1. The van der Waals surface area contributed by atoms with Crippen LogP contribution < -0.4 is 5.32 Å². The summed E-state index contributed by atoms with van der Waals surface area (Å²) < 4.78 is 2.04. The SMILES string of the molecule is CCn1c(SCC(=O)Nc2c(C)cccc2C)nnc1-c1ccc(C)cc1. The van der Waals surface area contributed by atoms with E-state index in [4.69, 9.17) is 0 Å². The average molecular weight is 381 g/mol. The maximum atomic E-state index is 12.4. The number of anilines is 1. The number of nitrogens with one attached hydrogen (secondary N) is 1. The van der Waals surface area contributed by atoms with Gasteiger partial charge in [0.25, 0.3) is 0 Å². The first-order valence-corrected chi connectivity index (χ1v) is 9.97. The Morgan fingerprint density at radius 2 is 1.70 bits per heavy atom. The van der Waals surface area contributed by atoms with Crippen LogP contribution in [0.15, 0.2) is 47.6 Å². The van der Waals surface area contributed by atoms with Gasteiger partial charge in [-0.1, -0.05) is 59.8 Å². The van der Waals surface area contributed by atoms with Gasteiger partial charge in [-0.2, -0.15) is 0 Å². The average Bonchev–Trinajstić information content (AvgIpc) is 3.06. The first-order chi connectivity index (χ1) is 13.0. The molecule has 0 radical (unpaired) electrons. The molecule has 0 bridgehead atoms. The molecule has 0 unspecified atom stereocenters. The molecule has 0 aliphatic heterocycles. The Hall–Kier alpha value is -2.60. The van der Waals surface area contributed by atoms with Crippen LogP contribution in [0.5, 0.6) is 0 Å². The lowest BCUT2D eigenvalue weighted by Gasteiger charge is -2.11. The van der Waals surface area contributed by atoms with Crippen molar-refractivity contribution < 1.29 is 4.79 Å². The van der Waals surface area contributed by atoms with Gasteiger partial charge in [0.15, 0.2) is 11.0 Å². The van der Waals surface area contributed by atoms with Crippen LogP contribution in [0.25, 0.3) is 11.4 Å². The van der Waals surface area contributed by atoms with Gasteiger partial charge >= 0.3 is 0 Å². The number of amides is 1. The number of benzene rings is 2. The predicted octanol–water partition coefficient (Wildman–Crippen LogP) is 4.62. The molecule has 0 spiro atoms. The van der Waals surface area contributed by atoms with Crippen molar-refractivity contribution in [3.63, 3.8) is 0 Å². The quantitative estimate of drug-likeness (QED) is 0.634. The van der Waals surface area contributed by atoms with Gasteiger partial charge < -0.3 is 9.88 Å². The maximum absolute atomic E-state index is 12.4. The molecule has 1 aromatic heterocycles. The van der Waals surface area contributed by atoms with E-state index in [1.54, 1.807) is 0 Å². The summed E-state index contributed by atoms with van der Waals surface area (Å²) in [5.74, 6) is 1.08. The molecule has 140 valence electrons. The van der Waals surface area contributed by atoms with Gasteiger partial charge in [-0.25, -0.2) is 0 Å². The molecule has 0 atom stereocenters. The Bertz CT molecular complexity index is 927. The first-order valence-electron chi connectivity index (χ1n) is 8.98. The number of carbonyl (C=O) groups is 1. The smallest absolute Gasteiger partial charge is 0.234 e. The van der Waals surface area contributed by atoms with Crippen LogP contribution in [0.4, 0.5) is 5.69 Å². The second kappa shape index (κ2) is 8.39. The fraction of sp³-hybridized carbons (Fsp3) is 0.286. The summed E-state index contributed by atoms with van der Waals surface area (Å²) in [6, 6.07) is 14.2. The molecular weight excluding hydrogens is 356 g/mol. The maximum Gasteiger partial charge on any atom is 0.234 e. The summed E-state index contributed by atoms with van der Waals surface area (Å²) in [5, 5.41) is 12.4. The monoisotopic (exact) mass is 380 g/mol. The molecule has 1 amide bonds. The lowest BCUT2D eigenvalue weighted by molar-refractivity contribution is -0.113. The summed E-state index contributed by atoms with van der Waals surface area (Å²) in [5.41, 5.74) is 5.25. The number of carbonyl (C=O) groups excluding carboxylic acids is 1. The van der Waals surface area contributed by atoms with Crippen molar-refractivity contribution in [2.45, 2.75) is 39.4 Å². The number of thioether (sulfide) groups is 1. The molecule has 3 rings (SSSR count). The van der Waals surface area contributed by atoms with E-state index in [0.717, 1.165) is 39.9 Å². The molecule has 6 heteroatoms. The van der Waals surface area contributed by atoms with E-state index in [9.17, 15) is 4.79 Å². The fourth-order valence-electron chi connectivity index (χ4n) is 2.91. The zero-order chi connectivity index (χ0) is 19.4. The van der Waals surface area contributed by atoms with E-state index in [2.05, 4.69) is 41.5 Å². The molecular formula is C21H24N4OS. The second-order valence-electron chi connectivity index (χ2n) is 6.52. The Morgan fingerprint density at radius 3 is 2.33 bits per heavy atom. The van der Waals surface area contributed by atoms with Crippen LogP contribution in [0, 0.1) is 20.8 Å². The van der Waals surface area contributed by atoms with Crippen LogP contribution in [-0.2, 0) is 11.3 Å². The number of aryl methyl sites for hydroxylation is 3. The molecule has 0 saturated heterocycles. The standard InChI is InChI=1S/C21H24N4OS/c1-5-25-20(17-11-9-14(2)10-12-17)23-24-21(25)27-13-18(26)22-19-15(3)7-6-8-16(19)4/h6-12H,5,13H2,1-4H3,(H,22,26). The van der Waals surface area contributed by atoms with Crippen LogP contribution in [0.3, 0.4) is 0 Å². The lowest BCUT2D eigenvalue weighted by Crippen LogP contribution is -2.16. The van der Waals surface area contributed by atoms with Crippen molar-refractivity contribution in [3.8, 4) is 11.4 Å². The second-order valence-corrected chi connectivity index (χ2v) is 7.46. The molecule has 1 heterocycles. The number of hydrogen-bond donors (Lipinski definition) is 1. The van der Waals surface area contributed by atoms with E-state index >= 15 is 0 Å². The molecule has 0 fully saturated rings.